The first-order valence-electron chi connectivity index (χ1n) is 8.55. The molecule has 2 aromatic rings. The van der Waals surface area contributed by atoms with Crippen molar-refractivity contribution < 1.29 is 19.6 Å². The number of rotatable bonds is 7. The standard InChI is InChI=1S/C19H19N3O5/c1-2-27-19(24)16-17(13-5-3-4-6-13)20-21(11-12-23)18(16)14-7-9-15(10-8-14)22(25)26/h3-10,13,23H,2,11-12H2,1H3. The number of carbonyl (C=O) groups excluding carboxylic acids is 1. The summed E-state index contributed by atoms with van der Waals surface area (Å²) in [7, 11) is 0. The molecule has 8 heteroatoms. The van der Waals surface area contributed by atoms with Crippen molar-refractivity contribution in [2.24, 2.45) is 0 Å². The Labute approximate surface area is 155 Å². The van der Waals surface area contributed by atoms with Crippen molar-refractivity contribution in [2.75, 3.05) is 13.2 Å². The topological polar surface area (TPSA) is 107 Å². The first-order valence-corrected chi connectivity index (χ1v) is 8.55. The number of nitro groups is 1. The Morgan fingerprint density at radius 1 is 1.30 bits per heavy atom. The SMILES string of the molecule is CCOC(=O)c1c(C2C=CC=C2)nn(CCO)c1-c1ccc([N+](=O)[O-])cc1. The second-order valence-corrected chi connectivity index (χ2v) is 5.88. The Morgan fingerprint density at radius 3 is 2.52 bits per heavy atom. The van der Waals surface area contributed by atoms with E-state index in [1.54, 1.807) is 23.7 Å². The fourth-order valence-electron chi connectivity index (χ4n) is 3.02. The van der Waals surface area contributed by atoms with E-state index in [-0.39, 0.29) is 31.4 Å². The molecule has 0 saturated carbocycles. The number of hydrogen-bond donors (Lipinski definition) is 1. The number of ether oxygens (including phenoxy) is 1. The van der Waals surface area contributed by atoms with Crippen LogP contribution in [0.3, 0.4) is 0 Å². The van der Waals surface area contributed by atoms with E-state index >= 15 is 0 Å². The molecule has 27 heavy (non-hydrogen) atoms. The van der Waals surface area contributed by atoms with Gasteiger partial charge in [0.1, 0.15) is 5.56 Å². The number of aliphatic hydroxyl groups excluding tert-OH is 1. The Balaban J connectivity index is 2.19. The zero-order valence-electron chi connectivity index (χ0n) is 14.7. The van der Waals surface area contributed by atoms with E-state index in [1.807, 2.05) is 24.3 Å². The zero-order chi connectivity index (χ0) is 19.4. The van der Waals surface area contributed by atoms with Crippen molar-refractivity contribution in [3.8, 4) is 11.3 Å². The maximum Gasteiger partial charge on any atom is 0.342 e. The van der Waals surface area contributed by atoms with Gasteiger partial charge in [-0.1, -0.05) is 24.3 Å². The molecule has 0 aliphatic heterocycles. The minimum Gasteiger partial charge on any atom is -0.462 e. The van der Waals surface area contributed by atoms with Crippen LogP contribution in [0.25, 0.3) is 11.3 Å². The van der Waals surface area contributed by atoms with E-state index < -0.39 is 10.9 Å². The number of aliphatic hydroxyl groups is 1. The molecule has 140 valence electrons. The fraction of sp³-hybridized carbons (Fsp3) is 0.263. The summed E-state index contributed by atoms with van der Waals surface area (Å²) in [6.07, 6.45) is 7.56. The van der Waals surface area contributed by atoms with E-state index in [0.717, 1.165) is 0 Å². The first-order chi connectivity index (χ1) is 13.1. The second-order valence-electron chi connectivity index (χ2n) is 5.88. The summed E-state index contributed by atoms with van der Waals surface area (Å²) in [6, 6.07) is 5.87. The van der Waals surface area contributed by atoms with Gasteiger partial charge >= 0.3 is 5.97 Å². The molecule has 0 radical (unpaired) electrons. The van der Waals surface area contributed by atoms with E-state index in [4.69, 9.17) is 4.74 Å². The third-order valence-corrected chi connectivity index (χ3v) is 4.19. The number of benzene rings is 1. The van der Waals surface area contributed by atoms with Crippen LogP contribution in [-0.2, 0) is 11.3 Å². The number of aromatic nitrogens is 2. The van der Waals surface area contributed by atoms with Crippen LogP contribution < -0.4 is 0 Å². The molecule has 1 aromatic carbocycles. The molecule has 0 spiro atoms. The number of non-ortho nitro benzene ring substituents is 1. The maximum absolute atomic E-state index is 12.7. The molecular weight excluding hydrogens is 350 g/mol. The fourth-order valence-corrected chi connectivity index (χ4v) is 3.02. The summed E-state index contributed by atoms with van der Waals surface area (Å²) in [5, 5.41) is 24.9. The van der Waals surface area contributed by atoms with Crippen LogP contribution in [0.1, 0.15) is 28.9 Å². The van der Waals surface area contributed by atoms with E-state index in [9.17, 15) is 20.0 Å². The van der Waals surface area contributed by atoms with Gasteiger partial charge in [0.05, 0.1) is 36.1 Å². The number of carbonyl (C=O) groups is 1. The van der Waals surface area contributed by atoms with Crippen LogP contribution >= 0.6 is 0 Å². The molecule has 0 amide bonds. The number of nitrogens with zero attached hydrogens (tertiary/aromatic N) is 3. The lowest BCUT2D eigenvalue weighted by atomic mass is 9.98. The molecule has 0 bridgehead atoms. The highest BCUT2D eigenvalue weighted by atomic mass is 16.6. The molecule has 1 N–H and O–H groups in total. The summed E-state index contributed by atoms with van der Waals surface area (Å²) in [6.45, 7) is 1.94. The van der Waals surface area contributed by atoms with Gasteiger partial charge < -0.3 is 9.84 Å². The summed E-state index contributed by atoms with van der Waals surface area (Å²) < 4.78 is 6.78. The largest absolute Gasteiger partial charge is 0.462 e. The Hall–Kier alpha value is -3.26. The van der Waals surface area contributed by atoms with Crippen molar-refractivity contribution in [1.82, 2.24) is 9.78 Å². The third kappa shape index (κ3) is 3.65. The van der Waals surface area contributed by atoms with Gasteiger partial charge in [-0.25, -0.2) is 4.79 Å². The zero-order valence-corrected chi connectivity index (χ0v) is 14.7. The smallest absolute Gasteiger partial charge is 0.342 e. The number of esters is 1. The summed E-state index contributed by atoms with van der Waals surface area (Å²) in [5.41, 5.74) is 1.84. The van der Waals surface area contributed by atoms with Gasteiger partial charge in [0.25, 0.3) is 5.69 Å². The quantitative estimate of drug-likeness (QED) is 0.457. The minimum atomic E-state index is -0.515. The van der Waals surface area contributed by atoms with Gasteiger partial charge in [-0.05, 0) is 19.1 Å². The van der Waals surface area contributed by atoms with Crippen LogP contribution in [0.4, 0.5) is 5.69 Å². The van der Waals surface area contributed by atoms with Gasteiger partial charge in [0.15, 0.2) is 0 Å². The molecule has 0 fully saturated rings. The minimum absolute atomic E-state index is 0.0495. The monoisotopic (exact) mass is 369 g/mol. The summed E-state index contributed by atoms with van der Waals surface area (Å²) >= 11 is 0. The Bertz CT molecular complexity index is 900. The van der Waals surface area contributed by atoms with Crippen molar-refractivity contribution in [2.45, 2.75) is 19.4 Å². The third-order valence-electron chi connectivity index (χ3n) is 4.19. The van der Waals surface area contributed by atoms with Gasteiger partial charge in [-0.15, -0.1) is 0 Å². The van der Waals surface area contributed by atoms with Gasteiger partial charge in [0.2, 0.25) is 0 Å². The second kappa shape index (κ2) is 7.96. The van der Waals surface area contributed by atoms with Crippen LogP contribution in [0, 0.1) is 10.1 Å². The lowest BCUT2D eigenvalue weighted by Crippen LogP contribution is -2.10. The molecule has 1 heterocycles. The van der Waals surface area contributed by atoms with Crippen LogP contribution in [0.2, 0.25) is 0 Å². The normalized spacial score (nSPS) is 13.3. The lowest BCUT2D eigenvalue weighted by molar-refractivity contribution is -0.384. The average Bonchev–Trinajstić information content (AvgIpc) is 3.30. The summed E-state index contributed by atoms with van der Waals surface area (Å²) in [4.78, 5) is 23.2. The van der Waals surface area contributed by atoms with Crippen LogP contribution in [-0.4, -0.2) is 39.0 Å². The van der Waals surface area contributed by atoms with Crippen LogP contribution in [0.15, 0.2) is 48.6 Å². The molecule has 3 rings (SSSR count). The van der Waals surface area contributed by atoms with Crippen LogP contribution in [0.5, 0.6) is 0 Å². The molecular formula is C19H19N3O5. The molecule has 1 aromatic heterocycles. The van der Waals surface area contributed by atoms with Crippen molar-refractivity contribution in [3.63, 3.8) is 0 Å². The maximum atomic E-state index is 12.7. The number of nitro benzene ring substituents is 1. The number of allylic oxidation sites excluding steroid dienone is 4. The Kier molecular flexibility index (Phi) is 5.46. The Morgan fingerprint density at radius 2 is 1.96 bits per heavy atom. The van der Waals surface area contributed by atoms with Crippen molar-refractivity contribution in [1.29, 1.82) is 0 Å². The summed E-state index contributed by atoms with van der Waals surface area (Å²) in [5.74, 6) is -0.695. The highest BCUT2D eigenvalue weighted by Crippen LogP contribution is 2.34. The molecule has 0 unspecified atom stereocenters. The number of hydrogen-bond acceptors (Lipinski definition) is 6. The predicted molar refractivity (Wildman–Crippen MR) is 98.4 cm³/mol. The lowest BCUT2D eigenvalue weighted by Gasteiger charge is -2.09. The van der Waals surface area contributed by atoms with Gasteiger partial charge in [-0.3, -0.25) is 14.8 Å². The van der Waals surface area contributed by atoms with E-state index in [2.05, 4.69) is 5.10 Å². The highest BCUT2D eigenvalue weighted by Gasteiger charge is 2.29. The van der Waals surface area contributed by atoms with Crippen molar-refractivity contribution >= 4 is 11.7 Å². The predicted octanol–water partition coefficient (Wildman–Crippen LogP) is 2.84. The molecule has 0 saturated heterocycles. The average molecular weight is 369 g/mol. The van der Waals surface area contributed by atoms with Crippen molar-refractivity contribution in [3.05, 3.63) is 69.9 Å². The van der Waals surface area contributed by atoms with E-state index in [0.29, 0.717) is 22.5 Å². The molecule has 0 atom stereocenters. The van der Waals surface area contributed by atoms with Gasteiger partial charge in [-0.2, -0.15) is 5.10 Å². The van der Waals surface area contributed by atoms with E-state index in [1.165, 1.54) is 12.1 Å². The highest BCUT2D eigenvalue weighted by molar-refractivity contribution is 5.98. The van der Waals surface area contributed by atoms with Gasteiger partial charge in [0, 0.05) is 23.6 Å². The first kappa shape index (κ1) is 18.5. The molecule has 8 nitrogen and oxygen atoms in total. The molecule has 1 aliphatic rings. The molecule has 1 aliphatic carbocycles.